The van der Waals surface area contributed by atoms with Crippen molar-refractivity contribution in [3.05, 3.63) is 34.3 Å². The van der Waals surface area contributed by atoms with Crippen LogP contribution < -0.4 is 5.73 Å². The number of carbonyl (C=O) groups is 2. The van der Waals surface area contributed by atoms with Gasteiger partial charge in [0.05, 0.1) is 6.54 Å². The number of nitrogens with zero attached hydrogens (tertiary/aromatic N) is 1. The van der Waals surface area contributed by atoms with E-state index in [1.54, 1.807) is 17.0 Å². The van der Waals surface area contributed by atoms with Crippen molar-refractivity contribution in [1.82, 2.24) is 4.90 Å². The molecule has 0 bridgehead atoms. The second-order valence-corrected chi connectivity index (χ2v) is 4.68. The zero-order chi connectivity index (χ0) is 14.4. The molecular formula is C13H17ClN2O3. The van der Waals surface area contributed by atoms with Gasteiger partial charge < -0.3 is 10.8 Å². The second-order valence-electron chi connectivity index (χ2n) is 4.27. The Morgan fingerprint density at radius 3 is 2.58 bits per heavy atom. The molecule has 1 amide bonds. The molecule has 0 aliphatic heterocycles. The van der Waals surface area contributed by atoms with Crippen LogP contribution in [0.1, 0.15) is 29.3 Å². The van der Waals surface area contributed by atoms with E-state index in [1.165, 1.54) is 6.07 Å². The normalized spacial score (nSPS) is 10.7. The van der Waals surface area contributed by atoms with Gasteiger partial charge in [0.15, 0.2) is 0 Å². The summed E-state index contributed by atoms with van der Waals surface area (Å²) in [6, 6.07) is 4.80. The van der Waals surface area contributed by atoms with Crippen molar-refractivity contribution in [2.75, 3.05) is 13.1 Å². The minimum absolute atomic E-state index is 0.0399. The number of halogens is 1. The van der Waals surface area contributed by atoms with Gasteiger partial charge in [0.1, 0.15) is 0 Å². The standard InChI is InChI=1S/C13H17ClN2O3/c1-2-5-16(8-12(17)18)7-10-4-3-9(13(15)19)6-11(10)14/h3-4,6H,2,5,7-8H2,1H3,(H2,15,19)(H,17,18). The molecule has 0 atom stereocenters. The van der Waals surface area contributed by atoms with Gasteiger partial charge in [0, 0.05) is 17.1 Å². The molecule has 0 aliphatic rings. The minimum Gasteiger partial charge on any atom is -0.480 e. The molecule has 5 nitrogen and oxygen atoms in total. The smallest absolute Gasteiger partial charge is 0.317 e. The Balaban J connectivity index is 2.84. The van der Waals surface area contributed by atoms with Crippen LogP contribution in [0.4, 0.5) is 0 Å². The third-order valence-electron chi connectivity index (χ3n) is 2.63. The first-order valence-corrected chi connectivity index (χ1v) is 6.34. The van der Waals surface area contributed by atoms with Crippen molar-refractivity contribution in [3.8, 4) is 0 Å². The fourth-order valence-corrected chi connectivity index (χ4v) is 2.03. The number of rotatable bonds is 7. The molecule has 1 aromatic carbocycles. The molecule has 0 radical (unpaired) electrons. The van der Waals surface area contributed by atoms with Crippen LogP contribution in [-0.4, -0.2) is 35.0 Å². The predicted octanol–water partition coefficient (Wildman–Crippen LogP) is 1.74. The maximum absolute atomic E-state index is 11.0. The number of carboxylic acid groups (broad SMARTS) is 1. The van der Waals surface area contributed by atoms with E-state index in [2.05, 4.69) is 0 Å². The lowest BCUT2D eigenvalue weighted by molar-refractivity contribution is -0.138. The molecule has 104 valence electrons. The summed E-state index contributed by atoms with van der Waals surface area (Å²) in [4.78, 5) is 23.6. The molecule has 0 spiro atoms. The Hall–Kier alpha value is -1.59. The lowest BCUT2D eigenvalue weighted by Crippen LogP contribution is -2.30. The number of primary amides is 1. The van der Waals surface area contributed by atoms with Gasteiger partial charge in [-0.25, -0.2) is 0 Å². The maximum atomic E-state index is 11.0. The fourth-order valence-electron chi connectivity index (χ4n) is 1.79. The first-order valence-electron chi connectivity index (χ1n) is 5.96. The van der Waals surface area contributed by atoms with Crippen molar-refractivity contribution >= 4 is 23.5 Å². The van der Waals surface area contributed by atoms with E-state index < -0.39 is 11.9 Å². The summed E-state index contributed by atoms with van der Waals surface area (Å²) < 4.78 is 0. The maximum Gasteiger partial charge on any atom is 0.317 e. The summed E-state index contributed by atoms with van der Waals surface area (Å²) in [5.74, 6) is -1.41. The molecule has 1 aromatic rings. The van der Waals surface area contributed by atoms with E-state index in [0.717, 1.165) is 12.0 Å². The van der Waals surface area contributed by atoms with E-state index in [4.69, 9.17) is 22.4 Å². The highest BCUT2D eigenvalue weighted by molar-refractivity contribution is 6.31. The van der Waals surface area contributed by atoms with Gasteiger partial charge in [-0.3, -0.25) is 14.5 Å². The van der Waals surface area contributed by atoms with Crippen molar-refractivity contribution in [3.63, 3.8) is 0 Å². The molecule has 19 heavy (non-hydrogen) atoms. The summed E-state index contributed by atoms with van der Waals surface area (Å²) in [7, 11) is 0. The Bertz CT molecular complexity index is 477. The van der Waals surface area contributed by atoms with Gasteiger partial charge in [-0.15, -0.1) is 0 Å². The van der Waals surface area contributed by atoms with E-state index in [1.807, 2.05) is 6.92 Å². The second kappa shape index (κ2) is 7.11. The Morgan fingerprint density at radius 2 is 2.11 bits per heavy atom. The van der Waals surface area contributed by atoms with E-state index in [9.17, 15) is 9.59 Å². The summed E-state index contributed by atoms with van der Waals surface area (Å²) in [5, 5.41) is 9.26. The minimum atomic E-state index is -0.877. The quantitative estimate of drug-likeness (QED) is 0.799. The lowest BCUT2D eigenvalue weighted by Gasteiger charge is -2.20. The van der Waals surface area contributed by atoms with Crippen LogP contribution in [0.15, 0.2) is 18.2 Å². The molecule has 0 saturated heterocycles. The van der Waals surface area contributed by atoms with Crippen molar-refractivity contribution in [2.45, 2.75) is 19.9 Å². The molecule has 0 fully saturated rings. The average Bonchev–Trinajstić information content (AvgIpc) is 2.31. The summed E-state index contributed by atoms with van der Waals surface area (Å²) in [6.45, 7) is 3.03. The molecule has 0 aliphatic carbocycles. The number of carbonyl (C=O) groups excluding carboxylic acids is 1. The molecule has 0 aromatic heterocycles. The molecule has 0 saturated carbocycles. The number of benzene rings is 1. The van der Waals surface area contributed by atoms with Gasteiger partial charge in [-0.05, 0) is 30.7 Å². The summed E-state index contributed by atoms with van der Waals surface area (Å²) in [6.07, 6.45) is 0.851. The monoisotopic (exact) mass is 284 g/mol. The first kappa shape index (κ1) is 15.5. The Kier molecular flexibility index (Phi) is 5.79. The van der Waals surface area contributed by atoms with Crippen molar-refractivity contribution in [2.24, 2.45) is 5.73 Å². The first-order chi connectivity index (χ1) is 8.93. The molecular weight excluding hydrogens is 268 g/mol. The predicted molar refractivity (Wildman–Crippen MR) is 73.2 cm³/mol. The number of carboxylic acids is 1. The van der Waals surface area contributed by atoms with Crippen molar-refractivity contribution < 1.29 is 14.7 Å². The van der Waals surface area contributed by atoms with E-state index in [0.29, 0.717) is 23.7 Å². The zero-order valence-corrected chi connectivity index (χ0v) is 11.5. The number of nitrogens with two attached hydrogens (primary N) is 1. The van der Waals surface area contributed by atoms with E-state index >= 15 is 0 Å². The fraction of sp³-hybridized carbons (Fsp3) is 0.385. The number of amides is 1. The SMILES string of the molecule is CCCN(CC(=O)O)Cc1ccc(C(N)=O)cc1Cl. The van der Waals surface area contributed by atoms with Gasteiger partial charge in [-0.2, -0.15) is 0 Å². The molecule has 0 heterocycles. The van der Waals surface area contributed by atoms with Gasteiger partial charge >= 0.3 is 5.97 Å². The summed E-state index contributed by atoms with van der Waals surface area (Å²) >= 11 is 6.07. The Morgan fingerprint density at radius 1 is 1.42 bits per heavy atom. The van der Waals surface area contributed by atoms with Crippen LogP contribution in [-0.2, 0) is 11.3 Å². The summed E-state index contributed by atoms with van der Waals surface area (Å²) in [5.41, 5.74) is 6.28. The van der Waals surface area contributed by atoms with Gasteiger partial charge in [0.25, 0.3) is 0 Å². The van der Waals surface area contributed by atoms with Crippen LogP contribution in [0.3, 0.4) is 0 Å². The highest BCUT2D eigenvalue weighted by Gasteiger charge is 2.12. The largest absolute Gasteiger partial charge is 0.480 e. The van der Waals surface area contributed by atoms with Crippen LogP contribution >= 0.6 is 11.6 Å². The third kappa shape index (κ3) is 4.89. The van der Waals surface area contributed by atoms with E-state index in [-0.39, 0.29) is 6.54 Å². The third-order valence-corrected chi connectivity index (χ3v) is 2.98. The van der Waals surface area contributed by atoms with Crippen molar-refractivity contribution in [1.29, 1.82) is 0 Å². The molecule has 0 unspecified atom stereocenters. The van der Waals surface area contributed by atoms with Gasteiger partial charge in [0.2, 0.25) is 5.91 Å². The lowest BCUT2D eigenvalue weighted by atomic mass is 10.1. The Labute approximate surface area is 117 Å². The number of aliphatic carboxylic acids is 1. The molecule has 3 N–H and O–H groups in total. The zero-order valence-electron chi connectivity index (χ0n) is 10.7. The topological polar surface area (TPSA) is 83.6 Å². The van der Waals surface area contributed by atoms with Crippen LogP contribution in [0, 0.1) is 0 Å². The number of hydrogen-bond acceptors (Lipinski definition) is 3. The highest BCUT2D eigenvalue weighted by Crippen LogP contribution is 2.19. The van der Waals surface area contributed by atoms with Crippen LogP contribution in [0.2, 0.25) is 5.02 Å². The van der Waals surface area contributed by atoms with Crippen LogP contribution in [0.25, 0.3) is 0 Å². The van der Waals surface area contributed by atoms with Gasteiger partial charge in [-0.1, -0.05) is 24.6 Å². The number of hydrogen-bond donors (Lipinski definition) is 2. The molecule has 1 rings (SSSR count). The van der Waals surface area contributed by atoms with Crippen LogP contribution in [0.5, 0.6) is 0 Å². The molecule has 6 heteroatoms. The highest BCUT2D eigenvalue weighted by atomic mass is 35.5. The average molecular weight is 285 g/mol.